The molecular weight excluding hydrogens is 230 g/mol. The molecule has 2 aliphatic rings. The van der Waals surface area contributed by atoms with Gasteiger partial charge in [0.15, 0.2) is 0 Å². The zero-order chi connectivity index (χ0) is 13.7. The second kappa shape index (κ2) is 6.91. The number of nitrogens with zero attached hydrogens (tertiary/aromatic N) is 1. The molecule has 2 aliphatic carbocycles. The molecule has 1 heteroatoms. The Morgan fingerprint density at radius 2 is 1.32 bits per heavy atom. The van der Waals surface area contributed by atoms with Crippen LogP contribution in [-0.2, 0) is 0 Å². The largest absolute Gasteiger partial charge is 0.300 e. The van der Waals surface area contributed by atoms with E-state index in [4.69, 9.17) is 0 Å². The van der Waals surface area contributed by atoms with Crippen molar-refractivity contribution in [3.8, 4) is 0 Å². The Kier molecular flexibility index (Phi) is 5.21. The summed E-state index contributed by atoms with van der Waals surface area (Å²) in [6, 6.07) is 0.641. The van der Waals surface area contributed by atoms with Gasteiger partial charge in [-0.2, -0.15) is 0 Å². The van der Waals surface area contributed by atoms with Crippen LogP contribution in [0.5, 0.6) is 0 Å². The third-order valence-electron chi connectivity index (χ3n) is 4.55. The average Bonchev–Trinajstić information content (AvgIpc) is 3.12. The van der Waals surface area contributed by atoms with E-state index in [0.29, 0.717) is 23.8 Å². The van der Waals surface area contributed by atoms with E-state index < -0.39 is 0 Å². The molecule has 0 bridgehead atoms. The maximum atomic E-state index is 2.61. The Bertz CT molecular complexity index is 360. The minimum absolute atomic E-state index is 0.594. The summed E-state index contributed by atoms with van der Waals surface area (Å²) in [5, 5.41) is 0. The van der Waals surface area contributed by atoms with Crippen LogP contribution < -0.4 is 0 Å². The highest BCUT2D eigenvalue weighted by atomic mass is 15.1. The van der Waals surface area contributed by atoms with Crippen LogP contribution in [0, 0.1) is 17.8 Å². The molecular formula is C18H27N. The second-order valence-electron chi connectivity index (χ2n) is 5.70. The molecule has 0 aliphatic heterocycles. The highest BCUT2D eigenvalue weighted by Gasteiger charge is 2.27. The summed E-state index contributed by atoms with van der Waals surface area (Å²) in [5.74, 6) is 1.94. The van der Waals surface area contributed by atoms with Gasteiger partial charge in [0.1, 0.15) is 0 Å². The summed E-state index contributed by atoms with van der Waals surface area (Å²) in [5.41, 5.74) is 0. The van der Waals surface area contributed by atoms with Crippen LogP contribution in [0.15, 0.2) is 48.6 Å². The van der Waals surface area contributed by atoms with Crippen molar-refractivity contribution in [3.05, 3.63) is 48.6 Å². The normalized spacial score (nSPS) is 21.9. The lowest BCUT2D eigenvalue weighted by atomic mass is 9.84. The fourth-order valence-corrected chi connectivity index (χ4v) is 3.31. The second-order valence-corrected chi connectivity index (χ2v) is 5.70. The Labute approximate surface area is 118 Å². The predicted octanol–water partition coefficient (Wildman–Crippen LogP) is 4.21. The first-order chi connectivity index (χ1) is 9.26. The summed E-state index contributed by atoms with van der Waals surface area (Å²) in [4.78, 5) is 2.61. The smallest absolute Gasteiger partial charge is 0.0196 e. The molecule has 19 heavy (non-hydrogen) atoms. The lowest BCUT2D eigenvalue weighted by Gasteiger charge is -2.35. The lowest BCUT2D eigenvalue weighted by Crippen LogP contribution is -2.40. The van der Waals surface area contributed by atoms with Gasteiger partial charge in [-0.1, -0.05) is 69.4 Å². The number of allylic oxidation sites excluding steroid dienone is 6. The van der Waals surface area contributed by atoms with Crippen molar-refractivity contribution in [1.29, 1.82) is 0 Å². The Balaban J connectivity index is 2.04. The fourth-order valence-electron chi connectivity index (χ4n) is 3.31. The highest BCUT2D eigenvalue weighted by molar-refractivity contribution is 5.21. The molecule has 0 aromatic rings. The maximum Gasteiger partial charge on any atom is 0.0196 e. The molecule has 0 fully saturated rings. The van der Waals surface area contributed by atoms with E-state index in [-0.39, 0.29) is 0 Å². The zero-order valence-corrected chi connectivity index (χ0v) is 12.5. The third-order valence-corrected chi connectivity index (χ3v) is 4.55. The van der Waals surface area contributed by atoms with Crippen molar-refractivity contribution in [2.75, 3.05) is 13.1 Å². The van der Waals surface area contributed by atoms with Crippen molar-refractivity contribution >= 4 is 0 Å². The van der Waals surface area contributed by atoms with Gasteiger partial charge < -0.3 is 4.90 Å². The van der Waals surface area contributed by atoms with Gasteiger partial charge in [0.05, 0.1) is 0 Å². The first-order valence-electron chi connectivity index (χ1n) is 7.70. The van der Waals surface area contributed by atoms with Crippen LogP contribution in [0.2, 0.25) is 0 Å². The molecule has 0 heterocycles. The quantitative estimate of drug-likeness (QED) is 0.660. The molecule has 0 aromatic heterocycles. The predicted molar refractivity (Wildman–Crippen MR) is 84.0 cm³/mol. The monoisotopic (exact) mass is 257 g/mol. The van der Waals surface area contributed by atoms with E-state index in [0.717, 1.165) is 13.1 Å². The first kappa shape index (κ1) is 14.3. The van der Waals surface area contributed by atoms with E-state index in [1.54, 1.807) is 0 Å². The molecule has 2 atom stereocenters. The Hall–Kier alpha value is -1.08. The van der Waals surface area contributed by atoms with Crippen LogP contribution in [0.25, 0.3) is 0 Å². The molecule has 0 spiro atoms. The van der Waals surface area contributed by atoms with E-state index in [1.807, 2.05) is 0 Å². The summed E-state index contributed by atoms with van der Waals surface area (Å²) in [6.07, 6.45) is 19.4. The van der Waals surface area contributed by atoms with Gasteiger partial charge >= 0.3 is 0 Å². The van der Waals surface area contributed by atoms with Crippen LogP contribution in [0.3, 0.4) is 0 Å². The average molecular weight is 257 g/mol. The Morgan fingerprint density at radius 3 is 1.79 bits per heavy atom. The van der Waals surface area contributed by atoms with Crippen molar-refractivity contribution in [2.24, 2.45) is 17.8 Å². The van der Waals surface area contributed by atoms with Gasteiger partial charge in [-0.25, -0.2) is 0 Å². The van der Waals surface area contributed by atoms with Crippen LogP contribution in [0.4, 0.5) is 0 Å². The number of hydrogen-bond donors (Lipinski definition) is 0. The molecule has 0 amide bonds. The van der Waals surface area contributed by atoms with E-state index in [9.17, 15) is 0 Å². The summed E-state index contributed by atoms with van der Waals surface area (Å²) >= 11 is 0. The van der Waals surface area contributed by atoms with Crippen molar-refractivity contribution in [3.63, 3.8) is 0 Å². The first-order valence-corrected chi connectivity index (χ1v) is 7.70. The number of rotatable bonds is 7. The molecule has 1 nitrogen and oxygen atoms in total. The third kappa shape index (κ3) is 3.48. The molecule has 104 valence electrons. The maximum absolute atomic E-state index is 2.61. The molecule has 0 saturated carbocycles. The molecule has 0 radical (unpaired) electrons. The topological polar surface area (TPSA) is 3.24 Å². The minimum atomic E-state index is 0.594. The van der Waals surface area contributed by atoms with Gasteiger partial charge in [-0.05, 0) is 31.3 Å². The zero-order valence-electron chi connectivity index (χ0n) is 12.5. The fraction of sp³-hybridized carbons (Fsp3) is 0.556. The Morgan fingerprint density at radius 1 is 0.842 bits per heavy atom. The van der Waals surface area contributed by atoms with Crippen molar-refractivity contribution < 1.29 is 0 Å². The number of hydrogen-bond acceptors (Lipinski definition) is 1. The summed E-state index contributed by atoms with van der Waals surface area (Å²) in [7, 11) is 0. The van der Waals surface area contributed by atoms with Crippen molar-refractivity contribution in [2.45, 2.75) is 33.2 Å². The standard InChI is InChI=1S/C18H27N/c1-4-19(5-2)18(17-12-8-9-13-17)14-15(3)16-10-6-7-11-16/h6-13,15-18H,4-5,14H2,1-3H3. The van der Waals surface area contributed by atoms with E-state index in [2.05, 4.69) is 74.3 Å². The van der Waals surface area contributed by atoms with Gasteiger partial charge in [0.2, 0.25) is 0 Å². The molecule has 2 unspecified atom stereocenters. The van der Waals surface area contributed by atoms with Crippen molar-refractivity contribution in [1.82, 2.24) is 4.90 Å². The summed E-state index contributed by atoms with van der Waals surface area (Å²) < 4.78 is 0. The van der Waals surface area contributed by atoms with Gasteiger partial charge in [0.25, 0.3) is 0 Å². The highest BCUT2D eigenvalue weighted by Crippen LogP contribution is 2.30. The molecule has 0 saturated heterocycles. The SMILES string of the molecule is CCN(CC)C(CC(C)C1C=CC=C1)C1C=CC=C1. The van der Waals surface area contributed by atoms with Gasteiger partial charge in [-0.3, -0.25) is 0 Å². The lowest BCUT2D eigenvalue weighted by molar-refractivity contribution is 0.160. The molecule has 2 rings (SSSR count). The summed E-state index contributed by atoms with van der Waals surface area (Å²) in [6.45, 7) is 9.23. The minimum Gasteiger partial charge on any atom is -0.300 e. The van der Waals surface area contributed by atoms with E-state index in [1.165, 1.54) is 6.42 Å². The van der Waals surface area contributed by atoms with Gasteiger partial charge in [0, 0.05) is 12.0 Å². The van der Waals surface area contributed by atoms with Gasteiger partial charge in [-0.15, -0.1) is 0 Å². The molecule has 0 N–H and O–H groups in total. The van der Waals surface area contributed by atoms with E-state index >= 15 is 0 Å². The van der Waals surface area contributed by atoms with Crippen LogP contribution >= 0.6 is 0 Å². The molecule has 0 aromatic carbocycles. The van der Waals surface area contributed by atoms with Crippen LogP contribution in [0.1, 0.15) is 27.2 Å². The van der Waals surface area contributed by atoms with Crippen LogP contribution in [-0.4, -0.2) is 24.0 Å².